The van der Waals surface area contributed by atoms with Gasteiger partial charge in [0.2, 0.25) is 5.43 Å². The summed E-state index contributed by atoms with van der Waals surface area (Å²) in [6, 6.07) is 5.12. The molecule has 1 aliphatic heterocycles. The first kappa shape index (κ1) is 24.5. The quantitative estimate of drug-likeness (QED) is 0.305. The molecule has 37 heavy (non-hydrogen) atoms. The first-order valence-electron chi connectivity index (χ1n) is 12.0. The summed E-state index contributed by atoms with van der Waals surface area (Å²) in [5.41, 5.74) is 4.22. The number of halogens is 1. The third-order valence-corrected chi connectivity index (χ3v) is 7.16. The van der Waals surface area contributed by atoms with Gasteiger partial charge in [-0.2, -0.15) is 0 Å². The molecule has 1 saturated carbocycles. The van der Waals surface area contributed by atoms with Gasteiger partial charge in [-0.05, 0) is 25.0 Å². The standard InChI is InChI=1S/C26H28FN3O7/c1-34-16-6-5-14(11-17(16)35-2)36-10-9-29-21-19(27)20(28)18-22-24(21)37-13-26(7-3-4-8-26)30(22)12-15(23(18)31)25(32)33/h5-6,11-12,29H,3-4,7-10,13,28H2,1-2H3,(H,32,33). The number of nitrogen functional groups attached to an aromatic ring is 1. The molecule has 11 heteroatoms. The minimum Gasteiger partial charge on any atom is -0.493 e. The van der Waals surface area contributed by atoms with E-state index in [1.807, 2.05) is 0 Å². The van der Waals surface area contributed by atoms with Gasteiger partial charge in [0.15, 0.2) is 23.1 Å². The van der Waals surface area contributed by atoms with Crippen LogP contribution in [0.25, 0.3) is 10.9 Å². The van der Waals surface area contributed by atoms with Crippen LogP contribution in [0.3, 0.4) is 0 Å². The molecule has 0 saturated heterocycles. The SMILES string of the molecule is COc1ccc(OCCNc2c(F)c(N)c3c(=O)c(C(=O)O)cn4c3c2OCC42CCCC2)cc1OC. The number of pyridine rings is 1. The predicted octanol–water partition coefficient (Wildman–Crippen LogP) is 3.59. The predicted molar refractivity (Wildman–Crippen MR) is 135 cm³/mol. The summed E-state index contributed by atoms with van der Waals surface area (Å²) in [5.74, 6) is -0.504. The van der Waals surface area contributed by atoms with E-state index < -0.39 is 34.0 Å². The van der Waals surface area contributed by atoms with Crippen molar-refractivity contribution in [1.82, 2.24) is 4.57 Å². The number of hydrogen-bond acceptors (Lipinski definition) is 8. The second-order valence-corrected chi connectivity index (χ2v) is 9.21. The number of methoxy groups -OCH3 is 2. The molecular weight excluding hydrogens is 485 g/mol. The lowest BCUT2D eigenvalue weighted by Crippen LogP contribution is -2.42. The summed E-state index contributed by atoms with van der Waals surface area (Å²) < 4.78 is 39.6. The van der Waals surface area contributed by atoms with E-state index in [0.29, 0.717) is 22.8 Å². The molecule has 0 bridgehead atoms. The number of aromatic nitrogens is 1. The summed E-state index contributed by atoms with van der Waals surface area (Å²) in [6.45, 7) is 0.591. The van der Waals surface area contributed by atoms with Crippen molar-refractivity contribution in [3.63, 3.8) is 0 Å². The van der Waals surface area contributed by atoms with E-state index in [-0.39, 0.29) is 36.6 Å². The summed E-state index contributed by atoms with van der Waals surface area (Å²) >= 11 is 0. The number of aromatic carboxylic acids is 1. The lowest BCUT2D eigenvalue weighted by atomic mass is 9.93. The zero-order valence-electron chi connectivity index (χ0n) is 20.6. The Kier molecular flexibility index (Phi) is 6.22. The molecule has 1 fully saturated rings. The molecule has 0 amide bonds. The van der Waals surface area contributed by atoms with Crippen LogP contribution in [0.5, 0.6) is 23.0 Å². The molecule has 1 aromatic heterocycles. The second-order valence-electron chi connectivity index (χ2n) is 9.21. The van der Waals surface area contributed by atoms with Gasteiger partial charge in [-0.1, -0.05) is 12.8 Å². The van der Waals surface area contributed by atoms with Crippen LogP contribution < -0.4 is 35.4 Å². The molecule has 5 rings (SSSR count). The fourth-order valence-electron chi connectivity index (χ4n) is 5.32. The van der Waals surface area contributed by atoms with Crippen molar-refractivity contribution < 1.29 is 33.2 Å². The lowest BCUT2D eigenvalue weighted by Gasteiger charge is -2.39. The molecule has 2 heterocycles. The summed E-state index contributed by atoms with van der Waals surface area (Å²) in [7, 11) is 3.06. The number of anilines is 2. The van der Waals surface area contributed by atoms with Gasteiger partial charge < -0.3 is 39.7 Å². The van der Waals surface area contributed by atoms with Crippen molar-refractivity contribution in [2.24, 2.45) is 0 Å². The molecule has 0 atom stereocenters. The molecule has 196 valence electrons. The molecule has 3 aromatic rings. The molecule has 0 radical (unpaired) electrons. The van der Waals surface area contributed by atoms with Gasteiger partial charge in [0, 0.05) is 18.8 Å². The van der Waals surface area contributed by atoms with Gasteiger partial charge in [-0.3, -0.25) is 4.79 Å². The Morgan fingerprint density at radius 1 is 1.24 bits per heavy atom. The highest BCUT2D eigenvalue weighted by Crippen LogP contribution is 2.48. The van der Waals surface area contributed by atoms with Crippen LogP contribution in [0.2, 0.25) is 0 Å². The number of rotatable bonds is 8. The van der Waals surface area contributed by atoms with Crippen molar-refractivity contribution in [2.75, 3.05) is 45.0 Å². The normalized spacial score (nSPS) is 15.4. The molecule has 2 aliphatic rings. The number of nitrogens with zero attached hydrogens (tertiary/aromatic N) is 1. The molecule has 1 aliphatic carbocycles. The summed E-state index contributed by atoms with van der Waals surface area (Å²) in [4.78, 5) is 24.9. The number of carbonyl (C=O) groups is 1. The summed E-state index contributed by atoms with van der Waals surface area (Å²) in [5, 5.41) is 12.5. The highest BCUT2D eigenvalue weighted by Gasteiger charge is 2.43. The van der Waals surface area contributed by atoms with Gasteiger partial charge in [0.05, 0.1) is 36.3 Å². The number of carboxylic acid groups (broad SMARTS) is 1. The Labute approximate surface area is 211 Å². The Hall–Kier alpha value is -4.15. The maximum absolute atomic E-state index is 15.5. The Morgan fingerprint density at radius 2 is 1.97 bits per heavy atom. The number of benzene rings is 2. The maximum Gasteiger partial charge on any atom is 0.341 e. The van der Waals surface area contributed by atoms with E-state index in [0.717, 1.165) is 25.7 Å². The third-order valence-electron chi connectivity index (χ3n) is 7.16. The van der Waals surface area contributed by atoms with Crippen molar-refractivity contribution in [2.45, 2.75) is 31.2 Å². The van der Waals surface area contributed by atoms with Gasteiger partial charge in [-0.15, -0.1) is 0 Å². The highest BCUT2D eigenvalue weighted by molar-refractivity contribution is 6.03. The average Bonchev–Trinajstić information content (AvgIpc) is 3.37. The van der Waals surface area contributed by atoms with E-state index in [4.69, 9.17) is 24.7 Å². The van der Waals surface area contributed by atoms with Crippen LogP contribution in [0, 0.1) is 5.82 Å². The Morgan fingerprint density at radius 3 is 2.65 bits per heavy atom. The van der Waals surface area contributed by atoms with Crippen LogP contribution in [-0.2, 0) is 5.54 Å². The summed E-state index contributed by atoms with van der Waals surface area (Å²) in [6.07, 6.45) is 4.73. The Balaban J connectivity index is 1.50. The zero-order chi connectivity index (χ0) is 26.3. The fraction of sp³-hybridized carbons (Fsp3) is 0.385. The van der Waals surface area contributed by atoms with Gasteiger partial charge in [0.1, 0.15) is 30.2 Å². The topological polar surface area (TPSA) is 134 Å². The minimum atomic E-state index is -1.38. The monoisotopic (exact) mass is 513 g/mol. The van der Waals surface area contributed by atoms with E-state index in [1.165, 1.54) is 20.4 Å². The van der Waals surface area contributed by atoms with Crippen LogP contribution >= 0.6 is 0 Å². The van der Waals surface area contributed by atoms with Crippen molar-refractivity contribution in [1.29, 1.82) is 0 Å². The molecule has 2 aromatic carbocycles. The van der Waals surface area contributed by atoms with E-state index >= 15 is 4.39 Å². The minimum absolute atomic E-state index is 0.00461. The fourth-order valence-corrected chi connectivity index (χ4v) is 5.32. The van der Waals surface area contributed by atoms with Crippen LogP contribution in [-0.4, -0.2) is 49.6 Å². The molecule has 1 spiro atoms. The first-order valence-corrected chi connectivity index (χ1v) is 12.0. The number of nitrogens with two attached hydrogens (primary N) is 1. The number of hydrogen-bond donors (Lipinski definition) is 3. The van der Waals surface area contributed by atoms with Crippen molar-refractivity contribution in [3.8, 4) is 23.0 Å². The number of nitrogens with one attached hydrogen (secondary N) is 1. The van der Waals surface area contributed by atoms with Crippen LogP contribution in [0.1, 0.15) is 36.0 Å². The van der Waals surface area contributed by atoms with Gasteiger partial charge in [0.25, 0.3) is 0 Å². The van der Waals surface area contributed by atoms with E-state index in [2.05, 4.69) is 5.32 Å². The van der Waals surface area contributed by atoms with Crippen LogP contribution in [0.4, 0.5) is 15.8 Å². The molecule has 0 unspecified atom stereocenters. The third kappa shape index (κ3) is 3.94. The second kappa shape index (κ2) is 9.38. The molecular formula is C26H28FN3O7. The number of ether oxygens (including phenoxy) is 4. The van der Waals surface area contributed by atoms with Crippen LogP contribution in [0.15, 0.2) is 29.2 Å². The van der Waals surface area contributed by atoms with E-state index in [9.17, 15) is 14.7 Å². The number of carboxylic acids is 1. The zero-order valence-corrected chi connectivity index (χ0v) is 20.6. The highest BCUT2D eigenvalue weighted by atomic mass is 19.1. The molecule has 10 nitrogen and oxygen atoms in total. The lowest BCUT2D eigenvalue weighted by molar-refractivity contribution is 0.0692. The largest absolute Gasteiger partial charge is 0.493 e. The average molecular weight is 514 g/mol. The molecule has 4 N–H and O–H groups in total. The van der Waals surface area contributed by atoms with Crippen molar-refractivity contribution in [3.05, 3.63) is 46.0 Å². The Bertz CT molecular complexity index is 1450. The first-order chi connectivity index (χ1) is 17.8. The van der Waals surface area contributed by atoms with Crippen molar-refractivity contribution >= 4 is 28.2 Å². The number of fused-ring (bicyclic) bond motifs is 1. The maximum atomic E-state index is 15.5. The van der Waals surface area contributed by atoms with E-state index in [1.54, 1.807) is 22.8 Å². The van der Waals surface area contributed by atoms with Gasteiger partial charge in [-0.25, -0.2) is 9.18 Å². The smallest absolute Gasteiger partial charge is 0.341 e. The van der Waals surface area contributed by atoms with Gasteiger partial charge >= 0.3 is 5.97 Å².